The van der Waals surface area contributed by atoms with Gasteiger partial charge in [0.15, 0.2) is 5.16 Å². The van der Waals surface area contributed by atoms with Crippen LogP contribution in [0.1, 0.15) is 26.5 Å². The molecule has 1 amide bonds. The Labute approximate surface area is 157 Å². The van der Waals surface area contributed by atoms with Crippen molar-refractivity contribution in [3.8, 4) is 5.75 Å². The van der Waals surface area contributed by atoms with Gasteiger partial charge in [-0.15, -0.1) is 0 Å². The number of nitrogens with one attached hydrogen (secondary N) is 1. The van der Waals surface area contributed by atoms with E-state index in [0.29, 0.717) is 28.9 Å². The lowest BCUT2D eigenvalue weighted by molar-refractivity contribution is -0.119. The fourth-order valence-corrected chi connectivity index (χ4v) is 3.79. The van der Waals surface area contributed by atoms with Gasteiger partial charge >= 0.3 is 0 Å². The summed E-state index contributed by atoms with van der Waals surface area (Å²) in [5, 5.41) is 3.59. The second-order valence-corrected chi connectivity index (χ2v) is 8.34. The third-order valence-corrected chi connectivity index (χ3v) is 5.41. The Kier molecular flexibility index (Phi) is 5.09. The van der Waals surface area contributed by atoms with Crippen molar-refractivity contribution in [3.05, 3.63) is 46.4 Å². The number of hydrogen-bond acceptors (Lipinski definition) is 5. The minimum atomic E-state index is -0.293. The molecule has 1 unspecified atom stereocenters. The van der Waals surface area contributed by atoms with Gasteiger partial charge in [0, 0.05) is 35.5 Å². The van der Waals surface area contributed by atoms with Crippen LogP contribution in [0.3, 0.4) is 0 Å². The molecule has 3 rings (SSSR count). The molecular weight excluding hydrogens is 350 g/mol. The Morgan fingerprint density at radius 3 is 2.81 bits per heavy atom. The summed E-state index contributed by atoms with van der Waals surface area (Å²) in [5.41, 5.74) is 1.17. The van der Waals surface area contributed by atoms with Gasteiger partial charge < -0.3 is 10.1 Å². The van der Waals surface area contributed by atoms with E-state index in [9.17, 15) is 9.59 Å². The molecule has 1 N–H and O–H groups in total. The maximum Gasteiger partial charge on any atom is 0.254 e. The average molecular weight is 373 g/mol. The highest BCUT2D eigenvalue weighted by molar-refractivity contribution is 7.99. The summed E-state index contributed by atoms with van der Waals surface area (Å²) in [6.45, 7) is 6.44. The number of aromatic nitrogens is 2. The molecule has 1 aliphatic rings. The van der Waals surface area contributed by atoms with Gasteiger partial charge in [-0.3, -0.25) is 14.2 Å². The van der Waals surface area contributed by atoms with E-state index in [0.717, 1.165) is 5.69 Å². The van der Waals surface area contributed by atoms with Crippen molar-refractivity contribution in [2.75, 3.05) is 18.2 Å². The van der Waals surface area contributed by atoms with E-state index in [1.54, 1.807) is 23.8 Å². The van der Waals surface area contributed by atoms with Gasteiger partial charge in [0.05, 0.1) is 18.7 Å². The van der Waals surface area contributed by atoms with E-state index >= 15 is 0 Å². The number of benzene rings is 1. The van der Waals surface area contributed by atoms with Crippen molar-refractivity contribution >= 4 is 23.4 Å². The number of rotatable bonds is 3. The first-order valence-electron chi connectivity index (χ1n) is 8.48. The minimum absolute atomic E-state index is 0.105. The van der Waals surface area contributed by atoms with Crippen LogP contribution in [0.25, 0.3) is 0 Å². The van der Waals surface area contributed by atoms with E-state index in [1.807, 2.05) is 39.0 Å². The van der Waals surface area contributed by atoms with Gasteiger partial charge in [-0.05, 0) is 12.1 Å². The molecule has 2 heterocycles. The number of methoxy groups -OCH3 is 1. The zero-order valence-corrected chi connectivity index (χ0v) is 16.2. The first-order valence-corrected chi connectivity index (χ1v) is 9.46. The first kappa shape index (κ1) is 18.5. The van der Waals surface area contributed by atoms with Gasteiger partial charge in [0.1, 0.15) is 5.75 Å². The zero-order valence-electron chi connectivity index (χ0n) is 15.4. The zero-order chi connectivity index (χ0) is 18.9. The van der Waals surface area contributed by atoms with E-state index in [-0.39, 0.29) is 22.8 Å². The van der Waals surface area contributed by atoms with Crippen LogP contribution < -0.4 is 15.6 Å². The highest BCUT2D eigenvalue weighted by Crippen LogP contribution is 2.28. The second kappa shape index (κ2) is 7.15. The quantitative estimate of drug-likeness (QED) is 0.838. The predicted molar refractivity (Wildman–Crippen MR) is 103 cm³/mol. The summed E-state index contributed by atoms with van der Waals surface area (Å²) in [4.78, 5) is 29.7. The molecule has 1 aliphatic heterocycles. The number of fused-ring (bicyclic) bond motifs is 1. The molecule has 0 saturated carbocycles. The van der Waals surface area contributed by atoms with Crippen LogP contribution in [0.2, 0.25) is 0 Å². The van der Waals surface area contributed by atoms with Crippen molar-refractivity contribution in [1.29, 1.82) is 0 Å². The molecule has 0 bridgehead atoms. The summed E-state index contributed by atoms with van der Waals surface area (Å²) in [6, 6.07) is 8.80. The van der Waals surface area contributed by atoms with Gasteiger partial charge in [0.2, 0.25) is 5.91 Å². The van der Waals surface area contributed by atoms with E-state index < -0.39 is 0 Å². The minimum Gasteiger partial charge on any atom is -0.497 e. The maximum atomic E-state index is 12.6. The average Bonchev–Trinajstić information content (AvgIpc) is 2.60. The van der Waals surface area contributed by atoms with Crippen LogP contribution in [-0.2, 0) is 16.8 Å². The Hall–Kier alpha value is -2.28. The third-order valence-electron chi connectivity index (χ3n) is 4.27. The highest BCUT2D eigenvalue weighted by atomic mass is 32.2. The number of ether oxygens (including phenoxy) is 1. The maximum absolute atomic E-state index is 12.6. The molecule has 6 nitrogen and oxygen atoms in total. The SMILES string of the molecule is COc1cccc(NC(=O)C2CSc3nc(C(C)(C)C)cc(=O)n3C2)c1. The van der Waals surface area contributed by atoms with Crippen LogP contribution >= 0.6 is 11.8 Å². The first-order chi connectivity index (χ1) is 12.3. The number of nitrogens with zero attached hydrogens (tertiary/aromatic N) is 2. The van der Waals surface area contributed by atoms with Crippen molar-refractivity contribution in [3.63, 3.8) is 0 Å². The normalized spacial score (nSPS) is 16.7. The lowest BCUT2D eigenvalue weighted by atomic mass is 9.92. The summed E-state index contributed by atoms with van der Waals surface area (Å²) in [6.07, 6.45) is 0. The molecule has 0 aliphatic carbocycles. The van der Waals surface area contributed by atoms with Gasteiger partial charge in [-0.1, -0.05) is 38.6 Å². The van der Waals surface area contributed by atoms with E-state index in [2.05, 4.69) is 10.3 Å². The standard InChI is InChI=1S/C19H23N3O3S/c1-19(2,3)15-9-16(23)22-10-12(11-26-18(22)21-15)17(24)20-13-6-5-7-14(8-13)25-4/h5-9,12H,10-11H2,1-4H3,(H,20,24). The smallest absolute Gasteiger partial charge is 0.254 e. The van der Waals surface area contributed by atoms with E-state index in [1.165, 1.54) is 11.8 Å². The molecule has 0 fully saturated rings. The van der Waals surface area contributed by atoms with Gasteiger partial charge in [-0.25, -0.2) is 4.98 Å². The molecule has 1 aromatic carbocycles. The summed E-state index contributed by atoms with van der Waals surface area (Å²) < 4.78 is 6.77. The second-order valence-electron chi connectivity index (χ2n) is 7.35. The monoisotopic (exact) mass is 373 g/mol. The highest BCUT2D eigenvalue weighted by Gasteiger charge is 2.28. The van der Waals surface area contributed by atoms with Crippen molar-refractivity contribution < 1.29 is 9.53 Å². The van der Waals surface area contributed by atoms with Crippen molar-refractivity contribution in [2.45, 2.75) is 37.9 Å². The predicted octanol–water partition coefficient (Wildman–Crippen LogP) is 2.91. The molecule has 1 atom stereocenters. The summed E-state index contributed by atoms with van der Waals surface area (Å²) in [7, 11) is 1.58. The molecule has 7 heteroatoms. The number of carbonyl (C=O) groups is 1. The van der Waals surface area contributed by atoms with Crippen LogP contribution in [0.5, 0.6) is 5.75 Å². The molecule has 26 heavy (non-hydrogen) atoms. The molecule has 1 aromatic heterocycles. The fraction of sp³-hybridized carbons (Fsp3) is 0.421. The van der Waals surface area contributed by atoms with Crippen LogP contribution in [0.4, 0.5) is 5.69 Å². The molecule has 138 valence electrons. The molecule has 0 saturated heterocycles. The molecular formula is C19H23N3O3S. The number of amides is 1. The Balaban J connectivity index is 1.77. The fourth-order valence-electron chi connectivity index (χ4n) is 2.70. The van der Waals surface area contributed by atoms with Crippen LogP contribution in [0, 0.1) is 5.92 Å². The van der Waals surface area contributed by atoms with Gasteiger partial charge in [-0.2, -0.15) is 0 Å². The molecule has 0 spiro atoms. The lowest BCUT2D eigenvalue weighted by Gasteiger charge is -2.26. The lowest BCUT2D eigenvalue weighted by Crippen LogP contribution is -2.37. The van der Waals surface area contributed by atoms with Crippen LogP contribution in [0.15, 0.2) is 40.3 Å². The number of anilines is 1. The number of carbonyl (C=O) groups excluding carboxylic acids is 1. The van der Waals surface area contributed by atoms with Gasteiger partial charge in [0.25, 0.3) is 5.56 Å². The largest absolute Gasteiger partial charge is 0.497 e. The summed E-state index contributed by atoms with van der Waals surface area (Å²) >= 11 is 1.45. The Morgan fingerprint density at radius 1 is 1.35 bits per heavy atom. The summed E-state index contributed by atoms with van der Waals surface area (Å²) in [5.74, 6) is 0.874. The Morgan fingerprint density at radius 2 is 2.12 bits per heavy atom. The van der Waals surface area contributed by atoms with Crippen molar-refractivity contribution in [1.82, 2.24) is 9.55 Å². The molecule has 2 aromatic rings. The third kappa shape index (κ3) is 3.93. The molecule has 0 radical (unpaired) electrons. The number of thioether (sulfide) groups is 1. The topological polar surface area (TPSA) is 73.2 Å². The van der Waals surface area contributed by atoms with Crippen molar-refractivity contribution in [2.24, 2.45) is 5.92 Å². The van der Waals surface area contributed by atoms with Crippen LogP contribution in [-0.4, -0.2) is 28.3 Å². The number of hydrogen-bond donors (Lipinski definition) is 1. The Bertz CT molecular complexity index is 886. The van der Waals surface area contributed by atoms with E-state index in [4.69, 9.17) is 4.74 Å².